The summed E-state index contributed by atoms with van der Waals surface area (Å²) in [6.45, 7) is 2.28. The maximum atomic E-state index is 6.49. The van der Waals surface area contributed by atoms with E-state index in [9.17, 15) is 0 Å². The molecule has 2 aliphatic rings. The maximum absolute atomic E-state index is 6.49. The highest BCUT2D eigenvalue weighted by Gasteiger charge is 2.33. The summed E-state index contributed by atoms with van der Waals surface area (Å²) in [6, 6.07) is 0.501. The normalized spacial score (nSPS) is 34.7. The van der Waals surface area contributed by atoms with E-state index < -0.39 is 0 Å². The van der Waals surface area contributed by atoms with E-state index in [2.05, 4.69) is 18.7 Å². The molecule has 0 aromatic rings. The van der Waals surface area contributed by atoms with Gasteiger partial charge in [-0.2, -0.15) is 11.8 Å². The Kier molecular flexibility index (Phi) is 6.37. The van der Waals surface area contributed by atoms with Crippen LogP contribution in [0.15, 0.2) is 0 Å². The van der Waals surface area contributed by atoms with Crippen LogP contribution >= 0.6 is 11.8 Å². The summed E-state index contributed by atoms with van der Waals surface area (Å²) in [5, 5.41) is 0.867. The second-order valence-corrected chi connectivity index (χ2v) is 7.79. The SMILES string of the molecule is CCCCSC1CCC(C2CCCCC2)C(N)C1. The number of rotatable bonds is 5. The Balaban J connectivity index is 1.73. The van der Waals surface area contributed by atoms with Crippen LogP contribution in [0.2, 0.25) is 0 Å². The average molecular weight is 269 g/mol. The molecule has 3 unspecified atom stereocenters. The van der Waals surface area contributed by atoms with Crippen molar-refractivity contribution in [2.45, 2.75) is 82.4 Å². The monoisotopic (exact) mass is 269 g/mol. The largest absolute Gasteiger partial charge is 0.327 e. The van der Waals surface area contributed by atoms with Crippen molar-refractivity contribution in [3.05, 3.63) is 0 Å². The van der Waals surface area contributed by atoms with Gasteiger partial charge in [-0.05, 0) is 43.3 Å². The minimum absolute atomic E-state index is 0.501. The van der Waals surface area contributed by atoms with Crippen molar-refractivity contribution < 1.29 is 0 Å². The first-order chi connectivity index (χ1) is 8.81. The first-order valence-corrected chi connectivity index (χ1v) is 9.23. The summed E-state index contributed by atoms with van der Waals surface area (Å²) in [4.78, 5) is 0. The van der Waals surface area contributed by atoms with E-state index in [1.165, 1.54) is 70.0 Å². The molecule has 0 amide bonds. The summed E-state index contributed by atoms with van der Waals surface area (Å²) in [5.41, 5.74) is 6.49. The van der Waals surface area contributed by atoms with Gasteiger partial charge in [-0.1, -0.05) is 45.4 Å². The quantitative estimate of drug-likeness (QED) is 0.738. The second kappa shape index (κ2) is 7.79. The van der Waals surface area contributed by atoms with Gasteiger partial charge in [0.25, 0.3) is 0 Å². The third-order valence-corrected chi connectivity index (χ3v) is 6.44. The number of thioether (sulfide) groups is 1. The highest BCUT2D eigenvalue weighted by atomic mass is 32.2. The van der Waals surface area contributed by atoms with Crippen LogP contribution in [0.1, 0.15) is 71.1 Å². The zero-order valence-corrected chi connectivity index (χ0v) is 12.9. The predicted molar refractivity (Wildman–Crippen MR) is 83.0 cm³/mol. The fourth-order valence-electron chi connectivity index (χ4n) is 3.88. The van der Waals surface area contributed by atoms with E-state index in [0.717, 1.165) is 17.1 Å². The van der Waals surface area contributed by atoms with Crippen molar-refractivity contribution >= 4 is 11.8 Å². The van der Waals surface area contributed by atoms with Gasteiger partial charge in [0.2, 0.25) is 0 Å². The Bertz CT molecular complexity index is 225. The lowest BCUT2D eigenvalue weighted by atomic mass is 9.71. The van der Waals surface area contributed by atoms with Crippen molar-refractivity contribution in [3.63, 3.8) is 0 Å². The summed E-state index contributed by atoms with van der Waals surface area (Å²) in [5.74, 6) is 3.17. The van der Waals surface area contributed by atoms with Gasteiger partial charge in [0.15, 0.2) is 0 Å². The molecule has 2 rings (SSSR count). The first-order valence-electron chi connectivity index (χ1n) is 8.18. The molecule has 2 N–H and O–H groups in total. The van der Waals surface area contributed by atoms with Crippen LogP contribution in [0, 0.1) is 11.8 Å². The minimum Gasteiger partial charge on any atom is -0.327 e. The van der Waals surface area contributed by atoms with E-state index in [4.69, 9.17) is 5.73 Å². The molecule has 3 atom stereocenters. The molecule has 2 aliphatic carbocycles. The Morgan fingerprint density at radius 3 is 2.50 bits per heavy atom. The first kappa shape index (κ1) is 14.7. The fraction of sp³-hybridized carbons (Fsp3) is 1.00. The van der Waals surface area contributed by atoms with Gasteiger partial charge < -0.3 is 5.73 Å². The van der Waals surface area contributed by atoms with E-state index in [1.54, 1.807) is 0 Å². The molecule has 18 heavy (non-hydrogen) atoms. The van der Waals surface area contributed by atoms with E-state index in [-0.39, 0.29) is 0 Å². The molecule has 0 aliphatic heterocycles. The summed E-state index contributed by atoms with van der Waals surface area (Å²) >= 11 is 2.19. The van der Waals surface area contributed by atoms with Crippen LogP contribution in [0.3, 0.4) is 0 Å². The van der Waals surface area contributed by atoms with Gasteiger partial charge in [-0.3, -0.25) is 0 Å². The third-order valence-electron chi connectivity index (χ3n) is 5.01. The Hall–Kier alpha value is 0.310. The maximum Gasteiger partial charge on any atom is 0.00803 e. The zero-order valence-electron chi connectivity index (χ0n) is 12.1. The van der Waals surface area contributed by atoms with Crippen molar-refractivity contribution in [2.75, 3.05) is 5.75 Å². The Morgan fingerprint density at radius 1 is 1.06 bits per heavy atom. The Labute approximate surface area is 118 Å². The molecule has 2 heteroatoms. The van der Waals surface area contributed by atoms with Crippen LogP contribution in [0.25, 0.3) is 0 Å². The number of hydrogen-bond donors (Lipinski definition) is 1. The molecular formula is C16H31NS. The van der Waals surface area contributed by atoms with Gasteiger partial charge in [0.1, 0.15) is 0 Å². The smallest absolute Gasteiger partial charge is 0.00803 e. The lowest BCUT2D eigenvalue weighted by Gasteiger charge is -2.40. The van der Waals surface area contributed by atoms with Gasteiger partial charge >= 0.3 is 0 Å². The molecule has 0 aromatic heterocycles. The topological polar surface area (TPSA) is 26.0 Å². The highest BCUT2D eigenvalue weighted by molar-refractivity contribution is 7.99. The lowest BCUT2D eigenvalue weighted by Crippen LogP contribution is -2.42. The number of hydrogen-bond acceptors (Lipinski definition) is 2. The zero-order chi connectivity index (χ0) is 12.8. The van der Waals surface area contributed by atoms with Crippen LogP contribution in [0.4, 0.5) is 0 Å². The lowest BCUT2D eigenvalue weighted by molar-refractivity contribution is 0.174. The summed E-state index contributed by atoms with van der Waals surface area (Å²) < 4.78 is 0. The molecular weight excluding hydrogens is 238 g/mol. The van der Waals surface area contributed by atoms with Gasteiger partial charge in [0.05, 0.1) is 0 Å². The van der Waals surface area contributed by atoms with Crippen LogP contribution in [-0.2, 0) is 0 Å². The average Bonchev–Trinajstić information content (AvgIpc) is 2.40. The molecule has 0 heterocycles. The molecule has 0 bridgehead atoms. The number of unbranched alkanes of at least 4 members (excludes halogenated alkanes) is 1. The molecule has 1 nitrogen and oxygen atoms in total. The Morgan fingerprint density at radius 2 is 1.83 bits per heavy atom. The molecule has 0 aromatic carbocycles. The summed E-state index contributed by atoms with van der Waals surface area (Å²) in [7, 11) is 0. The predicted octanol–water partition coefficient (Wildman–Crippen LogP) is 4.60. The van der Waals surface area contributed by atoms with E-state index >= 15 is 0 Å². The van der Waals surface area contributed by atoms with E-state index in [1.807, 2.05) is 0 Å². The molecule has 2 fully saturated rings. The van der Waals surface area contributed by atoms with Crippen LogP contribution in [-0.4, -0.2) is 17.0 Å². The summed E-state index contributed by atoms with van der Waals surface area (Å²) in [6.07, 6.45) is 14.2. The second-order valence-electron chi connectivity index (χ2n) is 6.39. The highest BCUT2D eigenvalue weighted by Crippen LogP contribution is 2.40. The van der Waals surface area contributed by atoms with Crippen molar-refractivity contribution in [3.8, 4) is 0 Å². The molecule has 106 valence electrons. The standard InChI is InChI=1S/C16H31NS/c1-2-3-11-18-14-9-10-15(16(17)12-14)13-7-5-4-6-8-13/h13-16H,2-12,17H2,1H3. The third kappa shape index (κ3) is 4.16. The fourth-order valence-corrected chi connectivity index (χ4v) is 5.33. The van der Waals surface area contributed by atoms with Crippen LogP contribution in [0.5, 0.6) is 0 Å². The van der Waals surface area contributed by atoms with Crippen molar-refractivity contribution in [2.24, 2.45) is 17.6 Å². The molecule has 2 saturated carbocycles. The molecule has 0 saturated heterocycles. The van der Waals surface area contributed by atoms with Gasteiger partial charge in [-0.15, -0.1) is 0 Å². The molecule has 0 spiro atoms. The molecule has 0 radical (unpaired) electrons. The van der Waals surface area contributed by atoms with E-state index in [0.29, 0.717) is 6.04 Å². The number of nitrogens with two attached hydrogens (primary N) is 1. The van der Waals surface area contributed by atoms with Crippen LogP contribution < -0.4 is 5.73 Å². The van der Waals surface area contributed by atoms with Crippen molar-refractivity contribution in [1.82, 2.24) is 0 Å². The minimum atomic E-state index is 0.501. The van der Waals surface area contributed by atoms with Gasteiger partial charge in [0, 0.05) is 11.3 Å². The van der Waals surface area contributed by atoms with Crippen molar-refractivity contribution in [1.29, 1.82) is 0 Å². The van der Waals surface area contributed by atoms with Gasteiger partial charge in [-0.25, -0.2) is 0 Å².